The lowest BCUT2D eigenvalue weighted by Gasteiger charge is -2.40. The Morgan fingerprint density at radius 2 is 1.73 bits per heavy atom. The maximum Gasteiger partial charge on any atom is 0.235 e. The summed E-state index contributed by atoms with van der Waals surface area (Å²) in [5.41, 5.74) is 1.63. The van der Waals surface area contributed by atoms with Crippen molar-refractivity contribution >= 4 is 32.5 Å². The van der Waals surface area contributed by atoms with Gasteiger partial charge in [-0.3, -0.25) is 9.78 Å². The smallest absolute Gasteiger partial charge is 0.235 e. The van der Waals surface area contributed by atoms with E-state index in [9.17, 15) is 13.2 Å². The molecule has 0 radical (unpaired) electrons. The number of benzene rings is 2. The molecule has 156 valence electrons. The first-order valence-corrected chi connectivity index (χ1v) is 11.8. The van der Waals surface area contributed by atoms with Crippen LogP contribution in [0.15, 0.2) is 66.9 Å². The summed E-state index contributed by atoms with van der Waals surface area (Å²) in [6.45, 7) is 2.30. The molecular weight excluding hydrogens is 398 g/mol. The first kappa shape index (κ1) is 20.5. The van der Waals surface area contributed by atoms with Crippen molar-refractivity contribution in [2.24, 2.45) is 0 Å². The van der Waals surface area contributed by atoms with Gasteiger partial charge in [-0.25, -0.2) is 12.7 Å². The molecule has 1 aromatic heterocycles. The largest absolute Gasteiger partial charge is 0.324 e. The monoisotopic (exact) mass is 423 g/mol. The molecule has 3 aromatic rings. The van der Waals surface area contributed by atoms with E-state index in [0.717, 1.165) is 16.5 Å². The lowest BCUT2D eigenvalue weighted by Crippen LogP contribution is -2.51. The molecular formula is C23H25N3O3S. The van der Waals surface area contributed by atoms with E-state index in [1.807, 2.05) is 60.7 Å². The molecule has 1 aliphatic heterocycles. The standard InChI is InChI=1S/C23H25N3O3S/c1-2-30(28,29)26-14-12-23(13-15-26,19-9-4-3-5-10-19)22(27)25-20-16-18-8-6-7-11-21(18)24-17-20/h3-11,16-17H,2,12-15H2,1H3,(H,25,27). The third kappa shape index (κ3) is 3.82. The number of anilines is 1. The Balaban J connectivity index is 1.64. The van der Waals surface area contributed by atoms with Crippen LogP contribution in [0.5, 0.6) is 0 Å². The molecule has 1 N–H and O–H groups in total. The normalized spacial score (nSPS) is 17.0. The minimum Gasteiger partial charge on any atom is -0.324 e. The molecule has 2 aromatic carbocycles. The van der Waals surface area contributed by atoms with Crippen molar-refractivity contribution in [3.63, 3.8) is 0 Å². The van der Waals surface area contributed by atoms with Crippen LogP contribution in [0, 0.1) is 0 Å². The van der Waals surface area contributed by atoms with E-state index in [-0.39, 0.29) is 11.7 Å². The van der Waals surface area contributed by atoms with Gasteiger partial charge in [-0.15, -0.1) is 0 Å². The summed E-state index contributed by atoms with van der Waals surface area (Å²) in [6, 6.07) is 19.3. The van der Waals surface area contributed by atoms with Gasteiger partial charge in [0.1, 0.15) is 0 Å². The minimum absolute atomic E-state index is 0.0697. The number of hydrogen-bond donors (Lipinski definition) is 1. The van der Waals surface area contributed by atoms with Gasteiger partial charge in [0.25, 0.3) is 0 Å². The fourth-order valence-corrected chi connectivity index (χ4v) is 5.23. The zero-order chi connectivity index (χ0) is 21.2. The van der Waals surface area contributed by atoms with E-state index < -0.39 is 15.4 Å². The summed E-state index contributed by atoms with van der Waals surface area (Å²) < 4.78 is 26.1. The van der Waals surface area contributed by atoms with Crippen molar-refractivity contribution < 1.29 is 13.2 Å². The molecule has 0 saturated carbocycles. The molecule has 1 amide bonds. The van der Waals surface area contributed by atoms with Gasteiger partial charge in [0, 0.05) is 18.5 Å². The number of fused-ring (bicyclic) bond motifs is 1. The first-order valence-electron chi connectivity index (χ1n) is 10.1. The van der Waals surface area contributed by atoms with Crippen LogP contribution < -0.4 is 5.32 Å². The van der Waals surface area contributed by atoms with E-state index >= 15 is 0 Å². The third-order valence-electron chi connectivity index (χ3n) is 5.94. The molecule has 7 heteroatoms. The van der Waals surface area contributed by atoms with Crippen molar-refractivity contribution in [2.75, 3.05) is 24.2 Å². The topological polar surface area (TPSA) is 79.4 Å². The molecule has 6 nitrogen and oxygen atoms in total. The highest BCUT2D eigenvalue weighted by Gasteiger charge is 2.44. The minimum atomic E-state index is -3.27. The fraction of sp³-hybridized carbons (Fsp3) is 0.304. The van der Waals surface area contributed by atoms with Crippen molar-refractivity contribution in [2.45, 2.75) is 25.2 Å². The Labute approximate surface area is 177 Å². The van der Waals surface area contributed by atoms with E-state index in [4.69, 9.17) is 0 Å². The molecule has 0 atom stereocenters. The molecule has 1 saturated heterocycles. The Morgan fingerprint density at radius 1 is 1.07 bits per heavy atom. The number of nitrogens with one attached hydrogen (secondary N) is 1. The predicted octanol–water partition coefficient (Wildman–Crippen LogP) is 3.56. The van der Waals surface area contributed by atoms with Crippen molar-refractivity contribution in [3.05, 3.63) is 72.4 Å². The fourth-order valence-electron chi connectivity index (χ4n) is 4.12. The number of hydrogen-bond acceptors (Lipinski definition) is 4. The van der Waals surface area contributed by atoms with Gasteiger partial charge in [-0.05, 0) is 37.5 Å². The maximum absolute atomic E-state index is 13.5. The summed E-state index contributed by atoms with van der Waals surface area (Å²) in [7, 11) is -3.27. The zero-order valence-electron chi connectivity index (χ0n) is 16.9. The van der Waals surface area contributed by atoms with E-state index in [0.29, 0.717) is 31.6 Å². The number of rotatable bonds is 5. The van der Waals surface area contributed by atoms with Crippen LogP contribution in [0.2, 0.25) is 0 Å². The summed E-state index contributed by atoms with van der Waals surface area (Å²) in [5, 5.41) is 3.99. The Kier molecular flexibility index (Phi) is 5.58. The zero-order valence-corrected chi connectivity index (χ0v) is 17.7. The molecule has 0 aliphatic carbocycles. The summed E-state index contributed by atoms with van der Waals surface area (Å²) in [5.74, 6) is -0.0559. The molecule has 1 aliphatic rings. The molecule has 0 spiro atoms. The second kappa shape index (κ2) is 8.16. The predicted molar refractivity (Wildman–Crippen MR) is 119 cm³/mol. The molecule has 0 bridgehead atoms. The van der Waals surface area contributed by atoms with E-state index in [1.54, 1.807) is 13.1 Å². The maximum atomic E-state index is 13.5. The highest BCUT2D eigenvalue weighted by molar-refractivity contribution is 7.89. The molecule has 1 fully saturated rings. The van der Waals surface area contributed by atoms with Crippen LogP contribution in [-0.4, -0.2) is 42.5 Å². The SMILES string of the molecule is CCS(=O)(=O)N1CCC(C(=O)Nc2cnc3ccccc3c2)(c2ccccc2)CC1. The molecule has 2 heterocycles. The Hall–Kier alpha value is -2.77. The second-order valence-corrected chi connectivity index (χ2v) is 9.88. The van der Waals surface area contributed by atoms with Gasteiger partial charge < -0.3 is 5.32 Å². The number of carbonyl (C=O) groups excluding carboxylic acids is 1. The lowest BCUT2D eigenvalue weighted by molar-refractivity contribution is -0.123. The van der Waals surface area contributed by atoms with Crippen LogP contribution in [0.25, 0.3) is 10.9 Å². The summed E-state index contributed by atoms with van der Waals surface area (Å²) in [4.78, 5) is 18.0. The van der Waals surface area contributed by atoms with Crippen LogP contribution in [0.3, 0.4) is 0 Å². The summed E-state index contributed by atoms with van der Waals surface area (Å²) in [6.07, 6.45) is 2.53. The molecule has 0 unspecified atom stereocenters. The Bertz CT molecular complexity index is 1150. The van der Waals surface area contributed by atoms with Crippen LogP contribution in [0.4, 0.5) is 5.69 Å². The number of carbonyl (C=O) groups is 1. The van der Waals surface area contributed by atoms with Crippen LogP contribution in [0.1, 0.15) is 25.3 Å². The number of nitrogens with zero attached hydrogens (tertiary/aromatic N) is 2. The van der Waals surface area contributed by atoms with Gasteiger partial charge in [0.2, 0.25) is 15.9 Å². The van der Waals surface area contributed by atoms with Gasteiger partial charge in [-0.2, -0.15) is 0 Å². The highest BCUT2D eigenvalue weighted by Crippen LogP contribution is 2.37. The average Bonchev–Trinajstić information content (AvgIpc) is 2.79. The van der Waals surface area contributed by atoms with Crippen molar-refractivity contribution in [1.82, 2.24) is 9.29 Å². The average molecular weight is 424 g/mol. The quantitative estimate of drug-likeness (QED) is 0.681. The van der Waals surface area contributed by atoms with Gasteiger partial charge in [-0.1, -0.05) is 48.5 Å². The number of aromatic nitrogens is 1. The third-order valence-corrected chi connectivity index (χ3v) is 7.83. The van der Waals surface area contributed by atoms with Crippen LogP contribution in [-0.2, 0) is 20.2 Å². The molecule has 30 heavy (non-hydrogen) atoms. The number of sulfonamides is 1. The number of pyridine rings is 1. The lowest BCUT2D eigenvalue weighted by atomic mass is 9.72. The van der Waals surface area contributed by atoms with Crippen molar-refractivity contribution in [3.8, 4) is 0 Å². The van der Waals surface area contributed by atoms with Gasteiger partial charge >= 0.3 is 0 Å². The molecule has 4 rings (SSSR count). The summed E-state index contributed by atoms with van der Waals surface area (Å²) >= 11 is 0. The van der Waals surface area contributed by atoms with Gasteiger partial charge in [0.15, 0.2) is 0 Å². The van der Waals surface area contributed by atoms with Gasteiger partial charge in [0.05, 0.1) is 28.6 Å². The second-order valence-electron chi connectivity index (χ2n) is 7.62. The highest BCUT2D eigenvalue weighted by atomic mass is 32.2. The van der Waals surface area contributed by atoms with Crippen molar-refractivity contribution in [1.29, 1.82) is 0 Å². The first-order chi connectivity index (χ1) is 14.4. The number of amides is 1. The van der Waals surface area contributed by atoms with E-state index in [2.05, 4.69) is 10.3 Å². The number of para-hydroxylation sites is 1. The van der Waals surface area contributed by atoms with Crippen LogP contribution >= 0.6 is 0 Å². The number of piperidine rings is 1. The Morgan fingerprint density at radius 3 is 2.43 bits per heavy atom. The van der Waals surface area contributed by atoms with E-state index in [1.165, 1.54) is 4.31 Å².